The van der Waals surface area contributed by atoms with Crippen LogP contribution in [0.25, 0.3) is 0 Å². The number of amides is 1. The average molecular weight is 290 g/mol. The molecule has 114 valence electrons. The van der Waals surface area contributed by atoms with Gasteiger partial charge in [0.2, 0.25) is 5.91 Å². The third-order valence-electron chi connectivity index (χ3n) is 4.45. The van der Waals surface area contributed by atoms with Gasteiger partial charge in [-0.3, -0.25) is 9.78 Å². The number of methoxy groups -OCH3 is 1. The maximum absolute atomic E-state index is 12.3. The molecule has 0 radical (unpaired) electrons. The Labute approximate surface area is 125 Å². The summed E-state index contributed by atoms with van der Waals surface area (Å²) >= 11 is 0. The lowest BCUT2D eigenvalue weighted by Gasteiger charge is -2.20. The third kappa shape index (κ3) is 3.15. The molecule has 2 aliphatic heterocycles. The first-order valence-electron chi connectivity index (χ1n) is 7.59. The van der Waals surface area contributed by atoms with Gasteiger partial charge in [-0.15, -0.1) is 0 Å². The largest absolute Gasteiger partial charge is 0.379 e. The second kappa shape index (κ2) is 6.39. The van der Waals surface area contributed by atoms with Crippen LogP contribution in [-0.2, 0) is 9.53 Å². The number of hydrogen-bond acceptors (Lipinski definition) is 5. The number of ether oxygens (including phenoxy) is 1. The van der Waals surface area contributed by atoms with Crippen LogP contribution >= 0.6 is 0 Å². The smallest absolute Gasteiger partial charge is 0.223 e. The van der Waals surface area contributed by atoms with Gasteiger partial charge in [0.25, 0.3) is 0 Å². The lowest BCUT2D eigenvalue weighted by molar-refractivity contribution is -0.131. The summed E-state index contributed by atoms with van der Waals surface area (Å²) in [5, 5.41) is 0. The quantitative estimate of drug-likeness (QED) is 0.826. The summed E-state index contributed by atoms with van der Waals surface area (Å²) in [5.74, 6) is 1.35. The van der Waals surface area contributed by atoms with Crippen molar-refractivity contribution in [2.45, 2.75) is 25.4 Å². The van der Waals surface area contributed by atoms with E-state index in [-0.39, 0.29) is 17.9 Å². The van der Waals surface area contributed by atoms with Gasteiger partial charge in [0.1, 0.15) is 5.82 Å². The van der Waals surface area contributed by atoms with Gasteiger partial charge in [-0.1, -0.05) is 0 Å². The van der Waals surface area contributed by atoms with Crippen molar-refractivity contribution in [3.05, 3.63) is 18.6 Å². The maximum Gasteiger partial charge on any atom is 0.223 e. The SMILES string of the molecule is CO[C@H]1CN(c2cnccn2)C[C@@H]1CC(=O)N1CCCC1. The summed E-state index contributed by atoms with van der Waals surface area (Å²) < 4.78 is 5.58. The summed E-state index contributed by atoms with van der Waals surface area (Å²) in [6.07, 6.45) is 8.04. The molecule has 1 aromatic heterocycles. The van der Waals surface area contributed by atoms with E-state index in [9.17, 15) is 4.79 Å². The molecule has 0 unspecified atom stereocenters. The molecule has 2 aliphatic rings. The van der Waals surface area contributed by atoms with Crippen molar-refractivity contribution in [1.29, 1.82) is 0 Å². The van der Waals surface area contributed by atoms with Crippen LogP contribution in [0.3, 0.4) is 0 Å². The molecule has 0 aromatic carbocycles. The molecule has 1 aromatic rings. The normalized spacial score (nSPS) is 25.6. The number of rotatable bonds is 4. The lowest BCUT2D eigenvalue weighted by Crippen LogP contribution is -2.32. The maximum atomic E-state index is 12.3. The number of hydrogen-bond donors (Lipinski definition) is 0. The van der Waals surface area contributed by atoms with Crippen LogP contribution in [-0.4, -0.2) is 60.2 Å². The minimum Gasteiger partial charge on any atom is -0.379 e. The highest BCUT2D eigenvalue weighted by Gasteiger charge is 2.36. The zero-order valence-corrected chi connectivity index (χ0v) is 12.4. The Hall–Kier alpha value is -1.69. The van der Waals surface area contributed by atoms with Crippen molar-refractivity contribution < 1.29 is 9.53 Å². The minimum atomic E-state index is 0.0820. The van der Waals surface area contributed by atoms with Crippen molar-refractivity contribution in [2.24, 2.45) is 5.92 Å². The Kier molecular flexibility index (Phi) is 4.34. The fraction of sp³-hybridized carbons (Fsp3) is 0.667. The van der Waals surface area contributed by atoms with Crippen LogP contribution in [0.15, 0.2) is 18.6 Å². The Bertz CT molecular complexity index is 476. The van der Waals surface area contributed by atoms with Gasteiger partial charge in [0, 0.05) is 58.0 Å². The molecule has 3 rings (SSSR count). The molecule has 2 saturated heterocycles. The van der Waals surface area contributed by atoms with Crippen molar-refractivity contribution >= 4 is 11.7 Å². The summed E-state index contributed by atoms with van der Waals surface area (Å²) in [6, 6.07) is 0. The molecule has 2 atom stereocenters. The van der Waals surface area contributed by atoms with E-state index in [0.717, 1.165) is 44.8 Å². The second-order valence-electron chi connectivity index (χ2n) is 5.79. The van der Waals surface area contributed by atoms with E-state index in [1.807, 2.05) is 4.90 Å². The van der Waals surface area contributed by atoms with Crippen molar-refractivity contribution in [3.63, 3.8) is 0 Å². The molecule has 0 spiro atoms. The van der Waals surface area contributed by atoms with E-state index in [2.05, 4.69) is 14.9 Å². The van der Waals surface area contributed by atoms with E-state index in [4.69, 9.17) is 4.74 Å². The van der Waals surface area contributed by atoms with Crippen molar-refractivity contribution in [3.8, 4) is 0 Å². The van der Waals surface area contributed by atoms with Gasteiger partial charge in [0.05, 0.1) is 12.3 Å². The number of nitrogens with zero attached hydrogens (tertiary/aromatic N) is 4. The molecule has 6 heteroatoms. The summed E-state index contributed by atoms with van der Waals surface area (Å²) in [4.78, 5) is 24.9. The van der Waals surface area contributed by atoms with Crippen molar-refractivity contribution in [1.82, 2.24) is 14.9 Å². The van der Waals surface area contributed by atoms with Crippen LogP contribution in [0.1, 0.15) is 19.3 Å². The first-order valence-corrected chi connectivity index (χ1v) is 7.59. The summed E-state index contributed by atoms with van der Waals surface area (Å²) in [5.41, 5.74) is 0. The predicted octanol–water partition coefficient (Wildman–Crippen LogP) is 0.940. The van der Waals surface area contributed by atoms with Crippen molar-refractivity contribution in [2.75, 3.05) is 38.2 Å². The first kappa shape index (κ1) is 14.3. The van der Waals surface area contributed by atoms with E-state index in [0.29, 0.717) is 6.42 Å². The minimum absolute atomic E-state index is 0.0820. The number of aromatic nitrogens is 2. The van der Waals surface area contributed by atoms with Crippen LogP contribution < -0.4 is 4.90 Å². The Balaban J connectivity index is 1.63. The highest BCUT2D eigenvalue weighted by atomic mass is 16.5. The van der Waals surface area contributed by atoms with Crippen LogP contribution in [0, 0.1) is 5.92 Å². The number of carbonyl (C=O) groups excluding carboxylic acids is 1. The van der Waals surface area contributed by atoms with E-state index in [1.165, 1.54) is 0 Å². The molecule has 0 aliphatic carbocycles. The van der Waals surface area contributed by atoms with Gasteiger partial charge in [-0.25, -0.2) is 4.98 Å². The lowest BCUT2D eigenvalue weighted by atomic mass is 10.0. The molecule has 6 nitrogen and oxygen atoms in total. The third-order valence-corrected chi connectivity index (χ3v) is 4.45. The van der Waals surface area contributed by atoms with Crippen LogP contribution in [0.2, 0.25) is 0 Å². The Morgan fingerprint density at radius 2 is 2.14 bits per heavy atom. The Morgan fingerprint density at radius 3 is 2.81 bits per heavy atom. The van der Waals surface area contributed by atoms with E-state index in [1.54, 1.807) is 25.7 Å². The molecular formula is C15H22N4O2. The van der Waals surface area contributed by atoms with Crippen LogP contribution in [0.5, 0.6) is 0 Å². The standard InChI is InChI=1S/C15H22N4O2/c1-21-13-11-19(14-9-16-4-5-17-14)10-12(13)8-15(20)18-6-2-3-7-18/h4-5,9,12-13H,2-3,6-8,10-11H2,1H3/t12-,13-/m0/s1. The van der Waals surface area contributed by atoms with Gasteiger partial charge < -0.3 is 14.5 Å². The summed E-state index contributed by atoms with van der Waals surface area (Å²) in [6.45, 7) is 3.40. The molecule has 3 heterocycles. The predicted molar refractivity (Wildman–Crippen MR) is 79.0 cm³/mol. The average Bonchev–Trinajstić information content (AvgIpc) is 3.17. The fourth-order valence-electron chi connectivity index (χ4n) is 3.27. The number of anilines is 1. The monoisotopic (exact) mass is 290 g/mol. The van der Waals surface area contributed by atoms with Gasteiger partial charge in [-0.2, -0.15) is 0 Å². The van der Waals surface area contributed by atoms with E-state index >= 15 is 0 Å². The number of carbonyl (C=O) groups is 1. The molecule has 0 bridgehead atoms. The van der Waals surface area contributed by atoms with Gasteiger partial charge in [0.15, 0.2) is 0 Å². The second-order valence-corrected chi connectivity index (χ2v) is 5.79. The highest BCUT2D eigenvalue weighted by Crippen LogP contribution is 2.27. The summed E-state index contributed by atoms with van der Waals surface area (Å²) in [7, 11) is 1.72. The van der Waals surface area contributed by atoms with Crippen LogP contribution in [0.4, 0.5) is 5.82 Å². The fourth-order valence-corrected chi connectivity index (χ4v) is 3.27. The topological polar surface area (TPSA) is 58.6 Å². The van der Waals surface area contributed by atoms with Gasteiger partial charge >= 0.3 is 0 Å². The van der Waals surface area contributed by atoms with E-state index < -0.39 is 0 Å². The van der Waals surface area contributed by atoms with Gasteiger partial charge in [-0.05, 0) is 12.8 Å². The molecule has 21 heavy (non-hydrogen) atoms. The number of likely N-dealkylation sites (tertiary alicyclic amines) is 1. The molecular weight excluding hydrogens is 268 g/mol. The Morgan fingerprint density at radius 1 is 1.33 bits per heavy atom. The molecule has 1 amide bonds. The first-order chi connectivity index (χ1) is 10.3. The highest BCUT2D eigenvalue weighted by molar-refractivity contribution is 5.77. The zero-order chi connectivity index (χ0) is 14.7. The molecule has 2 fully saturated rings. The molecule has 0 saturated carbocycles. The zero-order valence-electron chi connectivity index (χ0n) is 12.4. The molecule has 0 N–H and O–H groups in total.